The second-order valence-corrected chi connectivity index (χ2v) is 8.77. The number of benzene rings is 1. The maximum atomic E-state index is 13.0. The molecule has 4 rings (SSSR count). The SMILES string of the molecule is Cn1nc(C2CCCN(S(=O)(=O)c3cccc(Cl)c3)C2)c2nccnc21. The second kappa shape index (κ2) is 6.61. The van der Waals surface area contributed by atoms with Crippen molar-refractivity contribution in [3.8, 4) is 0 Å². The lowest BCUT2D eigenvalue weighted by atomic mass is 9.96. The predicted octanol–water partition coefficient (Wildman–Crippen LogP) is 2.59. The van der Waals surface area contributed by atoms with Gasteiger partial charge in [-0.2, -0.15) is 9.40 Å². The zero-order chi connectivity index (χ0) is 18.3. The van der Waals surface area contributed by atoms with E-state index < -0.39 is 10.0 Å². The Morgan fingerprint density at radius 1 is 1.23 bits per heavy atom. The molecule has 1 unspecified atom stereocenters. The summed E-state index contributed by atoms with van der Waals surface area (Å²) in [6.07, 6.45) is 4.90. The quantitative estimate of drug-likeness (QED) is 0.685. The minimum atomic E-state index is -3.59. The average molecular weight is 392 g/mol. The van der Waals surface area contributed by atoms with Gasteiger partial charge in [-0.15, -0.1) is 0 Å². The summed E-state index contributed by atoms with van der Waals surface area (Å²) in [7, 11) is -1.77. The summed E-state index contributed by atoms with van der Waals surface area (Å²) in [5, 5.41) is 4.97. The van der Waals surface area contributed by atoms with Crippen molar-refractivity contribution in [2.75, 3.05) is 13.1 Å². The fraction of sp³-hybridized carbons (Fsp3) is 0.353. The molecule has 2 aromatic heterocycles. The van der Waals surface area contributed by atoms with Crippen molar-refractivity contribution in [3.63, 3.8) is 0 Å². The lowest BCUT2D eigenvalue weighted by Crippen LogP contribution is -2.39. The van der Waals surface area contributed by atoms with Crippen LogP contribution in [0.4, 0.5) is 0 Å². The highest BCUT2D eigenvalue weighted by Gasteiger charge is 2.33. The molecular formula is C17H18ClN5O2S. The van der Waals surface area contributed by atoms with E-state index in [9.17, 15) is 8.42 Å². The summed E-state index contributed by atoms with van der Waals surface area (Å²) in [6.45, 7) is 0.860. The molecule has 0 radical (unpaired) electrons. The zero-order valence-electron chi connectivity index (χ0n) is 14.2. The van der Waals surface area contributed by atoms with E-state index in [1.807, 2.05) is 7.05 Å². The monoisotopic (exact) mass is 391 g/mol. The average Bonchev–Trinajstić information content (AvgIpc) is 2.99. The van der Waals surface area contributed by atoms with Crippen molar-refractivity contribution in [3.05, 3.63) is 47.4 Å². The van der Waals surface area contributed by atoms with Gasteiger partial charge in [0.2, 0.25) is 10.0 Å². The molecule has 1 fully saturated rings. The Hall–Kier alpha value is -2.03. The Morgan fingerprint density at radius 3 is 2.85 bits per heavy atom. The minimum absolute atomic E-state index is 0.0156. The first-order valence-corrected chi connectivity index (χ1v) is 10.2. The molecule has 0 N–H and O–H groups in total. The topological polar surface area (TPSA) is 81.0 Å². The summed E-state index contributed by atoms with van der Waals surface area (Å²) in [5.74, 6) is -0.0156. The summed E-state index contributed by atoms with van der Waals surface area (Å²) < 4.78 is 29.2. The molecule has 9 heteroatoms. The Kier molecular flexibility index (Phi) is 4.42. The minimum Gasteiger partial charge on any atom is -0.249 e. The first-order valence-electron chi connectivity index (χ1n) is 8.36. The van der Waals surface area contributed by atoms with Crippen LogP contribution >= 0.6 is 11.6 Å². The smallest absolute Gasteiger partial charge is 0.243 e. The number of hydrogen-bond donors (Lipinski definition) is 0. The first kappa shape index (κ1) is 17.4. The van der Waals surface area contributed by atoms with Crippen LogP contribution in [0.5, 0.6) is 0 Å². The summed E-state index contributed by atoms with van der Waals surface area (Å²) in [6, 6.07) is 6.38. The van der Waals surface area contributed by atoms with Crippen molar-refractivity contribution in [1.29, 1.82) is 0 Å². The number of halogens is 1. The molecule has 0 saturated carbocycles. The van der Waals surface area contributed by atoms with Gasteiger partial charge in [-0.05, 0) is 31.0 Å². The maximum absolute atomic E-state index is 13.0. The van der Waals surface area contributed by atoms with Crippen LogP contribution in [0.15, 0.2) is 41.6 Å². The van der Waals surface area contributed by atoms with Crippen LogP contribution in [0.1, 0.15) is 24.5 Å². The van der Waals surface area contributed by atoms with Crippen LogP contribution in [-0.4, -0.2) is 45.6 Å². The first-order chi connectivity index (χ1) is 12.5. The van der Waals surface area contributed by atoms with Gasteiger partial charge < -0.3 is 0 Å². The normalized spacial score (nSPS) is 19.1. The molecule has 1 atom stereocenters. The molecule has 0 aliphatic carbocycles. The van der Waals surface area contributed by atoms with Gasteiger partial charge in [0, 0.05) is 43.5 Å². The number of sulfonamides is 1. The molecule has 7 nitrogen and oxygen atoms in total. The molecule has 3 heterocycles. The third kappa shape index (κ3) is 2.98. The van der Waals surface area contributed by atoms with Crippen molar-refractivity contribution < 1.29 is 8.42 Å². The number of nitrogens with zero attached hydrogens (tertiary/aromatic N) is 5. The van der Waals surface area contributed by atoms with Gasteiger partial charge in [0.25, 0.3) is 0 Å². The largest absolute Gasteiger partial charge is 0.249 e. The van der Waals surface area contributed by atoms with Crippen LogP contribution in [-0.2, 0) is 17.1 Å². The third-order valence-electron chi connectivity index (χ3n) is 4.69. The van der Waals surface area contributed by atoms with E-state index in [4.69, 9.17) is 11.6 Å². The second-order valence-electron chi connectivity index (χ2n) is 6.40. The molecular weight excluding hydrogens is 374 g/mol. The van der Waals surface area contributed by atoms with E-state index in [2.05, 4.69) is 15.1 Å². The van der Waals surface area contributed by atoms with Gasteiger partial charge in [-0.1, -0.05) is 17.7 Å². The Bertz CT molecular complexity index is 1070. The zero-order valence-corrected chi connectivity index (χ0v) is 15.8. The van der Waals surface area contributed by atoms with Gasteiger partial charge in [0.1, 0.15) is 5.52 Å². The van der Waals surface area contributed by atoms with Gasteiger partial charge in [0.15, 0.2) is 5.65 Å². The Morgan fingerprint density at radius 2 is 2.04 bits per heavy atom. The highest BCUT2D eigenvalue weighted by Crippen LogP contribution is 2.32. The fourth-order valence-electron chi connectivity index (χ4n) is 3.44. The number of aromatic nitrogens is 4. The predicted molar refractivity (Wildman–Crippen MR) is 98.5 cm³/mol. The van der Waals surface area contributed by atoms with Gasteiger partial charge in [0.05, 0.1) is 10.6 Å². The van der Waals surface area contributed by atoms with Gasteiger partial charge in [-0.25, -0.2) is 23.1 Å². The van der Waals surface area contributed by atoms with E-state index >= 15 is 0 Å². The summed E-state index contributed by atoms with van der Waals surface area (Å²) >= 11 is 5.97. The van der Waals surface area contributed by atoms with E-state index in [0.717, 1.165) is 24.1 Å². The van der Waals surface area contributed by atoms with E-state index in [1.165, 1.54) is 10.4 Å². The van der Waals surface area contributed by atoms with E-state index in [0.29, 0.717) is 23.8 Å². The molecule has 0 amide bonds. The van der Waals surface area contributed by atoms with Crippen molar-refractivity contribution >= 4 is 32.8 Å². The molecule has 1 saturated heterocycles. The number of rotatable bonds is 3. The number of fused-ring (bicyclic) bond motifs is 1. The third-order valence-corrected chi connectivity index (χ3v) is 6.79. The molecule has 1 aliphatic rings. The van der Waals surface area contributed by atoms with Crippen molar-refractivity contribution in [1.82, 2.24) is 24.1 Å². The van der Waals surface area contributed by atoms with Crippen LogP contribution in [0.3, 0.4) is 0 Å². The number of aryl methyl sites for hydroxylation is 1. The lowest BCUT2D eigenvalue weighted by Gasteiger charge is -2.31. The molecule has 0 spiro atoms. The number of hydrogen-bond acceptors (Lipinski definition) is 5. The molecule has 1 aromatic carbocycles. The summed E-state index contributed by atoms with van der Waals surface area (Å²) in [5.41, 5.74) is 2.25. The van der Waals surface area contributed by atoms with Gasteiger partial charge in [-0.3, -0.25) is 0 Å². The fourth-order valence-corrected chi connectivity index (χ4v) is 5.27. The lowest BCUT2D eigenvalue weighted by molar-refractivity contribution is 0.312. The highest BCUT2D eigenvalue weighted by atomic mass is 35.5. The molecule has 26 heavy (non-hydrogen) atoms. The Balaban J connectivity index is 1.67. The van der Waals surface area contributed by atoms with Crippen LogP contribution in [0, 0.1) is 0 Å². The molecule has 0 bridgehead atoms. The molecule has 1 aliphatic heterocycles. The maximum Gasteiger partial charge on any atom is 0.243 e. The van der Waals surface area contributed by atoms with Crippen LogP contribution in [0.25, 0.3) is 11.2 Å². The Labute approximate surface area is 156 Å². The summed E-state index contributed by atoms with van der Waals surface area (Å²) in [4.78, 5) is 8.93. The van der Waals surface area contributed by atoms with Gasteiger partial charge >= 0.3 is 0 Å². The highest BCUT2D eigenvalue weighted by molar-refractivity contribution is 7.89. The standard InChI is InChI=1S/C17H18ClN5O2S/c1-22-17-16(19-7-8-20-17)15(21-22)12-4-3-9-23(11-12)26(24,25)14-6-2-5-13(18)10-14/h2,5-8,10,12H,3-4,9,11H2,1H3. The van der Waals surface area contributed by atoms with Crippen LogP contribution in [0.2, 0.25) is 5.02 Å². The molecule has 3 aromatic rings. The van der Waals surface area contributed by atoms with Crippen LogP contribution < -0.4 is 0 Å². The molecule has 136 valence electrons. The van der Waals surface area contributed by atoms with Crippen molar-refractivity contribution in [2.24, 2.45) is 7.05 Å². The van der Waals surface area contributed by atoms with Crippen molar-refractivity contribution in [2.45, 2.75) is 23.7 Å². The van der Waals surface area contributed by atoms with E-state index in [1.54, 1.807) is 35.3 Å². The number of piperidine rings is 1. The van der Waals surface area contributed by atoms with E-state index in [-0.39, 0.29) is 10.8 Å².